The molecule has 1 rings (SSSR count). The van der Waals surface area contributed by atoms with Crippen molar-refractivity contribution in [2.24, 2.45) is 0 Å². The predicted octanol–water partition coefficient (Wildman–Crippen LogP) is 3.36. The molecule has 0 unspecified atom stereocenters. The van der Waals surface area contributed by atoms with Gasteiger partial charge in [0.2, 0.25) is 0 Å². The molecule has 0 bridgehead atoms. The normalized spacial score (nSPS) is 17.3. The molecule has 0 N–H and O–H groups in total. The third-order valence-corrected chi connectivity index (χ3v) is 1.47. The van der Waals surface area contributed by atoms with Crippen LogP contribution in [0.3, 0.4) is 0 Å². The van der Waals surface area contributed by atoms with Gasteiger partial charge in [-0.05, 0) is 18.9 Å². The van der Waals surface area contributed by atoms with Gasteiger partial charge >= 0.3 is 0 Å². The van der Waals surface area contributed by atoms with Crippen LogP contribution in [0.2, 0.25) is 0 Å². The Kier molecular flexibility index (Phi) is 4.70. The smallest absolute Gasteiger partial charge is 0.0163 e. The Morgan fingerprint density at radius 2 is 1.42 bits per heavy atom. The van der Waals surface area contributed by atoms with Crippen LogP contribution < -0.4 is 0 Å². The van der Waals surface area contributed by atoms with Crippen molar-refractivity contribution in [1.29, 1.82) is 0 Å². The molecule has 0 fully saturated rings. The minimum atomic E-state index is 0.981. The Bertz CT molecular complexity index is 211. The number of hydrogen-bond acceptors (Lipinski definition) is 0. The molecule has 0 heteroatoms. The van der Waals surface area contributed by atoms with Gasteiger partial charge in [-0.15, -0.1) is 0 Å². The van der Waals surface area contributed by atoms with Crippen LogP contribution in [0, 0.1) is 6.08 Å². The molecular weight excluding hydrogens is 144 g/mol. The maximum Gasteiger partial charge on any atom is -0.0163 e. The third kappa shape index (κ3) is 4.51. The largest absolute Gasteiger partial charge is 0.0808 e. The molecule has 0 saturated heterocycles. The molecule has 1 aliphatic carbocycles. The molecule has 1 aliphatic rings. The van der Waals surface area contributed by atoms with E-state index in [0.29, 0.717) is 0 Å². The molecule has 0 spiro atoms. The first-order valence-electron chi connectivity index (χ1n) is 4.21. The number of allylic oxidation sites excluding steroid dienone is 10. The lowest BCUT2D eigenvalue weighted by Crippen LogP contribution is -1.62. The van der Waals surface area contributed by atoms with Gasteiger partial charge < -0.3 is 0 Å². The zero-order valence-electron chi connectivity index (χ0n) is 7.11. The van der Waals surface area contributed by atoms with Crippen molar-refractivity contribution < 1.29 is 0 Å². The first kappa shape index (κ1) is 8.79. The monoisotopic (exact) mass is 157 g/mol. The summed E-state index contributed by atoms with van der Waals surface area (Å²) in [6.07, 6.45) is 23.5. The van der Waals surface area contributed by atoms with Crippen LogP contribution in [0.25, 0.3) is 0 Å². The molecule has 0 aromatic rings. The van der Waals surface area contributed by atoms with Crippen molar-refractivity contribution in [3.63, 3.8) is 0 Å². The SMILES string of the molecule is [C]1=CC=CCC=CC=CCC=C1. The Morgan fingerprint density at radius 3 is 2.25 bits per heavy atom. The molecule has 0 nitrogen and oxygen atoms in total. The summed E-state index contributed by atoms with van der Waals surface area (Å²) in [7, 11) is 0. The molecular formula is C12H13. The van der Waals surface area contributed by atoms with Gasteiger partial charge in [-0.3, -0.25) is 0 Å². The second-order valence-corrected chi connectivity index (χ2v) is 2.49. The predicted molar refractivity (Wildman–Crippen MR) is 53.6 cm³/mol. The lowest BCUT2D eigenvalue weighted by atomic mass is 10.2. The van der Waals surface area contributed by atoms with Crippen molar-refractivity contribution in [3.05, 3.63) is 60.8 Å². The lowest BCUT2D eigenvalue weighted by molar-refractivity contribution is 1.36. The molecule has 0 heterocycles. The van der Waals surface area contributed by atoms with E-state index in [0.717, 1.165) is 12.8 Å². The standard InChI is InChI=1S/C12H13/c1-2-4-6-8-10-12-11-9-7-5-3-1/h1-4,7-11H,5-6H2. The maximum absolute atomic E-state index is 3.05. The van der Waals surface area contributed by atoms with E-state index in [9.17, 15) is 0 Å². The molecule has 0 saturated carbocycles. The number of hydrogen-bond donors (Lipinski definition) is 0. The van der Waals surface area contributed by atoms with Crippen LogP contribution in [0.5, 0.6) is 0 Å². The highest BCUT2D eigenvalue weighted by Crippen LogP contribution is 1.92. The fourth-order valence-electron chi connectivity index (χ4n) is 0.865. The van der Waals surface area contributed by atoms with Gasteiger partial charge in [-0.1, -0.05) is 54.7 Å². The van der Waals surface area contributed by atoms with Gasteiger partial charge in [0.05, 0.1) is 0 Å². The van der Waals surface area contributed by atoms with Gasteiger partial charge in [-0.25, -0.2) is 0 Å². The fraction of sp³-hybridized carbons (Fsp3) is 0.167. The minimum Gasteiger partial charge on any atom is -0.0808 e. The Hall–Kier alpha value is -1.30. The molecule has 0 atom stereocenters. The zero-order chi connectivity index (χ0) is 8.49. The number of rotatable bonds is 0. The van der Waals surface area contributed by atoms with E-state index >= 15 is 0 Å². The van der Waals surface area contributed by atoms with Gasteiger partial charge in [0.15, 0.2) is 0 Å². The molecule has 1 radical (unpaired) electrons. The van der Waals surface area contributed by atoms with Gasteiger partial charge in [0.25, 0.3) is 0 Å². The van der Waals surface area contributed by atoms with Gasteiger partial charge in [0, 0.05) is 0 Å². The van der Waals surface area contributed by atoms with Gasteiger partial charge in [0.1, 0.15) is 0 Å². The summed E-state index contributed by atoms with van der Waals surface area (Å²) in [6, 6.07) is 0. The van der Waals surface area contributed by atoms with Crippen LogP contribution in [0.15, 0.2) is 54.7 Å². The van der Waals surface area contributed by atoms with Crippen LogP contribution in [-0.4, -0.2) is 0 Å². The highest BCUT2D eigenvalue weighted by Gasteiger charge is 1.72. The van der Waals surface area contributed by atoms with Crippen LogP contribution >= 0.6 is 0 Å². The second-order valence-electron chi connectivity index (χ2n) is 2.49. The average molecular weight is 157 g/mol. The van der Waals surface area contributed by atoms with E-state index in [4.69, 9.17) is 0 Å². The van der Waals surface area contributed by atoms with Crippen molar-refractivity contribution in [3.8, 4) is 0 Å². The first-order chi connectivity index (χ1) is 6.00. The van der Waals surface area contributed by atoms with E-state index in [1.54, 1.807) is 0 Å². The summed E-state index contributed by atoms with van der Waals surface area (Å²) in [4.78, 5) is 0. The van der Waals surface area contributed by atoms with Crippen molar-refractivity contribution in [2.75, 3.05) is 0 Å². The van der Waals surface area contributed by atoms with E-state index in [-0.39, 0.29) is 0 Å². The zero-order valence-corrected chi connectivity index (χ0v) is 7.11. The summed E-state index contributed by atoms with van der Waals surface area (Å²) < 4.78 is 0. The first-order valence-corrected chi connectivity index (χ1v) is 4.21. The highest BCUT2D eigenvalue weighted by molar-refractivity contribution is 5.12. The van der Waals surface area contributed by atoms with Crippen LogP contribution in [0.1, 0.15) is 12.8 Å². The molecule has 12 heavy (non-hydrogen) atoms. The third-order valence-electron chi connectivity index (χ3n) is 1.47. The molecule has 0 aliphatic heterocycles. The van der Waals surface area contributed by atoms with Gasteiger partial charge in [-0.2, -0.15) is 0 Å². The summed E-state index contributed by atoms with van der Waals surface area (Å²) >= 11 is 0. The fourth-order valence-corrected chi connectivity index (χ4v) is 0.865. The Labute approximate surface area is 74.3 Å². The van der Waals surface area contributed by atoms with E-state index < -0.39 is 0 Å². The highest BCUT2D eigenvalue weighted by atomic mass is 13.8. The van der Waals surface area contributed by atoms with E-state index in [1.165, 1.54) is 0 Å². The second kappa shape index (κ2) is 6.41. The van der Waals surface area contributed by atoms with Crippen molar-refractivity contribution in [2.45, 2.75) is 12.8 Å². The topological polar surface area (TPSA) is 0 Å². The minimum absolute atomic E-state index is 0.981. The summed E-state index contributed by atoms with van der Waals surface area (Å²) in [5.74, 6) is 0. The average Bonchev–Trinajstić information content (AvgIpc) is 2.05. The molecule has 0 aromatic heterocycles. The maximum atomic E-state index is 3.05. The molecule has 0 amide bonds. The Balaban J connectivity index is 2.55. The van der Waals surface area contributed by atoms with Crippen LogP contribution in [-0.2, 0) is 0 Å². The summed E-state index contributed by atoms with van der Waals surface area (Å²) in [5.41, 5.74) is 0. The quantitative estimate of drug-likeness (QED) is 0.505. The molecule has 61 valence electrons. The van der Waals surface area contributed by atoms with Crippen molar-refractivity contribution >= 4 is 0 Å². The Morgan fingerprint density at radius 1 is 0.750 bits per heavy atom. The van der Waals surface area contributed by atoms with Crippen LogP contribution in [0.4, 0.5) is 0 Å². The lowest BCUT2D eigenvalue weighted by Gasteiger charge is -1.82. The van der Waals surface area contributed by atoms with Crippen molar-refractivity contribution in [1.82, 2.24) is 0 Å². The van der Waals surface area contributed by atoms with E-state index in [2.05, 4.69) is 42.5 Å². The molecule has 0 aromatic carbocycles. The summed E-state index contributed by atoms with van der Waals surface area (Å²) in [6.45, 7) is 0. The summed E-state index contributed by atoms with van der Waals surface area (Å²) in [5, 5.41) is 0. The van der Waals surface area contributed by atoms with E-state index in [1.807, 2.05) is 18.2 Å².